The molecule has 0 spiro atoms. The zero-order valence-corrected chi connectivity index (χ0v) is 14.7. The van der Waals surface area contributed by atoms with Gasteiger partial charge in [-0.1, -0.05) is 36.4 Å². The first kappa shape index (κ1) is 18.6. The van der Waals surface area contributed by atoms with E-state index in [0.717, 1.165) is 6.07 Å². The first-order valence-electron chi connectivity index (χ1n) is 6.48. The van der Waals surface area contributed by atoms with Gasteiger partial charge in [0, 0.05) is 23.6 Å². The molecule has 0 atom stereocenters. The molecule has 1 aromatic rings. The lowest BCUT2D eigenvalue weighted by Crippen LogP contribution is -2.30. The molecule has 0 aliphatic heterocycles. The van der Waals surface area contributed by atoms with Crippen LogP contribution in [-0.4, -0.2) is 37.3 Å². The maximum Gasteiger partial charge on any atom is 0.312 e. The molecule has 0 saturated carbocycles. The van der Waals surface area contributed by atoms with Crippen LogP contribution in [0.4, 0.5) is 5.69 Å². The van der Waals surface area contributed by atoms with Gasteiger partial charge in [0.25, 0.3) is 0 Å². The topological polar surface area (TPSA) is 89.8 Å². The predicted octanol–water partition coefficient (Wildman–Crippen LogP) is 2.91. The molecule has 0 aromatic heterocycles. The lowest BCUT2D eigenvalue weighted by atomic mass is 10.3. The molecule has 0 heterocycles. The summed E-state index contributed by atoms with van der Waals surface area (Å²) in [5.41, 5.74) is -0.401. The minimum absolute atomic E-state index is 0.0101. The van der Waals surface area contributed by atoms with E-state index < -0.39 is 20.6 Å². The number of benzene rings is 1. The van der Waals surface area contributed by atoms with E-state index >= 15 is 0 Å². The molecular weight excluding hydrogens is 376 g/mol. The Labute approximate surface area is 137 Å². The smallest absolute Gasteiger partial charge is 0.312 e. The molecule has 122 valence electrons. The number of hydrogen-bond donors (Lipinski definition) is 0. The van der Waals surface area contributed by atoms with Gasteiger partial charge in [0.15, 0.2) is 5.75 Å². The lowest BCUT2D eigenvalue weighted by Gasteiger charge is -2.18. The van der Waals surface area contributed by atoms with Crippen LogP contribution >= 0.6 is 15.9 Å². The molecule has 7 nitrogen and oxygen atoms in total. The van der Waals surface area contributed by atoms with Crippen LogP contribution in [-0.2, 0) is 10.0 Å². The standard InChI is InChI=1S/C13H17BrN2O5S/c1-4-15(5-2)22(19,20)11-6-7-13(21-9-10(3)14)12(8-11)16(17)18/h6-8H,3-5,9H2,1-2H3. The maximum absolute atomic E-state index is 12.4. The van der Waals surface area contributed by atoms with Crippen LogP contribution < -0.4 is 4.74 Å². The second kappa shape index (κ2) is 7.70. The molecular formula is C13H17BrN2O5S. The number of rotatable bonds is 8. The summed E-state index contributed by atoms with van der Waals surface area (Å²) in [6, 6.07) is 3.59. The Morgan fingerprint density at radius 1 is 1.41 bits per heavy atom. The third-order valence-corrected chi connectivity index (χ3v) is 5.13. The molecule has 0 saturated heterocycles. The molecule has 0 bridgehead atoms. The molecule has 1 rings (SSSR count). The molecule has 0 aliphatic carbocycles. The Balaban J connectivity index is 3.28. The van der Waals surface area contributed by atoms with Crippen LogP contribution in [0.5, 0.6) is 5.75 Å². The van der Waals surface area contributed by atoms with Gasteiger partial charge in [-0.05, 0) is 12.1 Å². The highest BCUT2D eigenvalue weighted by atomic mass is 79.9. The van der Waals surface area contributed by atoms with E-state index in [-0.39, 0.29) is 30.3 Å². The van der Waals surface area contributed by atoms with Crippen LogP contribution in [0.25, 0.3) is 0 Å². The van der Waals surface area contributed by atoms with Crippen molar-refractivity contribution in [3.8, 4) is 5.75 Å². The van der Waals surface area contributed by atoms with E-state index in [1.807, 2.05) is 0 Å². The van der Waals surface area contributed by atoms with Crippen molar-refractivity contribution in [2.24, 2.45) is 0 Å². The first-order chi connectivity index (χ1) is 10.2. The Morgan fingerprint density at radius 3 is 2.45 bits per heavy atom. The maximum atomic E-state index is 12.4. The highest BCUT2D eigenvalue weighted by Crippen LogP contribution is 2.31. The monoisotopic (exact) mass is 392 g/mol. The molecule has 1 aromatic carbocycles. The number of nitrogens with zero attached hydrogens (tertiary/aromatic N) is 2. The van der Waals surface area contributed by atoms with Crippen LogP contribution in [0, 0.1) is 10.1 Å². The molecule has 0 radical (unpaired) electrons. The molecule has 22 heavy (non-hydrogen) atoms. The van der Waals surface area contributed by atoms with Gasteiger partial charge >= 0.3 is 5.69 Å². The summed E-state index contributed by atoms with van der Waals surface area (Å²) in [5, 5.41) is 11.1. The van der Waals surface area contributed by atoms with Gasteiger partial charge < -0.3 is 4.74 Å². The fourth-order valence-corrected chi connectivity index (χ4v) is 3.38. The van der Waals surface area contributed by atoms with E-state index in [0.29, 0.717) is 4.48 Å². The van der Waals surface area contributed by atoms with Gasteiger partial charge in [-0.2, -0.15) is 4.31 Å². The second-order valence-electron chi connectivity index (χ2n) is 4.28. The molecule has 0 fully saturated rings. The summed E-state index contributed by atoms with van der Waals surface area (Å²) in [5.74, 6) is -0.0101. The summed E-state index contributed by atoms with van der Waals surface area (Å²) in [7, 11) is -3.76. The Hall–Kier alpha value is -1.45. The van der Waals surface area contributed by atoms with Gasteiger partial charge in [-0.15, -0.1) is 0 Å². The minimum Gasteiger partial charge on any atom is -0.481 e. The van der Waals surface area contributed by atoms with Crippen molar-refractivity contribution < 1.29 is 18.1 Å². The van der Waals surface area contributed by atoms with E-state index in [1.54, 1.807) is 13.8 Å². The Morgan fingerprint density at radius 2 is 2.00 bits per heavy atom. The highest BCUT2D eigenvalue weighted by molar-refractivity contribution is 9.11. The average molecular weight is 393 g/mol. The zero-order chi connectivity index (χ0) is 16.9. The number of hydrogen-bond acceptors (Lipinski definition) is 5. The van der Waals surface area contributed by atoms with Gasteiger partial charge in [0.1, 0.15) is 6.61 Å². The van der Waals surface area contributed by atoms with Crippen LogP contribution in [0.2, 0.25) is 0 Å². The van der Waals surface area contributed by atoms with Crippen molar-refractivity contribution in [2.45, 2.75) is 18.7 Å². The summed E-state index contributed by atoms with van der Waals surface area (Å²) in [4.78, 5) is 10.3. The van der Waals surface area contributed by atoms with E-state index in [4.69, 9.17) is 4.74 Å². The van der Waals surface area contributed by atoms with Crippen LogP contribution in [0.3, 0.4) is 0 Å². The lowest BCUT2D eigenvalue weighted by molar-refractivity contribution is -0.386. The molecule has 0 unspecified atom stereocenters. The third-order valence-electron chi connectivity index (χ3n) is 2.85. The highest BCUT2D eigenvalue weighted by Gasteiger charge is 2.26. The van der Waals surface area contributed by atoms with E-state index in [2.05, 4.69) is 22.5 Å². The summed E-state index contributed by atoms with van der Waals surface area (Å²) >= 11 is 3.09. The second-order valence-corrected chi connectivity index (χ2v) is 7.34. The van der Waals surface area contributed by atoms with Gasteiger partial charge in [0.05, 0.1) is 9.82 Å². The Bertz CT molecular complexity index is 671. The van der Waals surface area contributed by atoms with Gasteiger partial charge in [-0.3, -0.25) is 10.1 Å². The fourth-order valence-electron chi connectivity index (χ4n) is 1.79. The predicted molar refractivity (Wildman–Crippen MR) is 86.8 cm³/mol. The fraction of sp³-hybridized carbons (Fsp3) is 0.385. The van der Waals surface area contributed by atoms with Gasteiger partial charge in [0.2, 0.25) is 10.0 Å². The first-order valence-corrected chi connectivity index (χ1v) is 8.72. The SMILES string of the molecule is C=C(Br)COc1ccc(S(=O)(=O)N(CC)CC)cc1[N+](=O)[O-]. The normalized spacial score (nSPS) is 11.5. The van der Waals surface area contributed by atoms with E-state index in [1.165, 1.54) is 16.4 Å². The third kappa shape index (κ3) is 4.28. The van der Waals surface area contributed by atoms with Crippen molar-refractivity contribution in [1.82, 2.24) is 4.31 Å². The van der Waals surface area contributed by atoms with Crippen molar-refractivity contribution in [2.75, 3.05) is 19.7 Å². The number of halogens is 1. The largest absolute Gasteiger partial charge is 0.481 e. The number of ether oxygens (including phenoxy) is 1. The zero-order valence-electron chi connectivity index (χ0n) is 12.3. The number of nitro benzene ring substituents is 1. The van der Waals surface area contributed by atoms with Crippen molar-refractivity contribution in [3.05, 3.63) is 39.4 Å². The van der Waals surface area contributed by atoms with Crippen molar-refractivity contribution >= 4 is 31.6 Å². The van der Waals surface area contributed by atoms with Crippen molar-refractivity contribution in [3.63, 3.8) is 0 Å². The van der Waals surface area contributed by atoms with Crippen LogP contribution in [0.15, 0.2) is 34.2 Å². The quantitative estimate of drug-likeness (QED) is 0.501. The average Bonchev–Trinajstić information content (AvgIpc) is 2.45. The minimum atomic E-state index is -3.76. The Kier molecular flexibility index (Phi) is 6.51. The van der Waals surface area contributed by atoms with Gasteiger partial charge in [-0.25, -0.2) is 8.42 Å². The number of sulfonamides is 1. The molecule has 9 heteroatoms. The molecule has 0 N–H and O–H groups in total. The molecule has 0 aliphatic rings. The number of nitro groups is 1. The summed E-state index contributed by atoms with van der Waals surface area (Å²) in [6.07, 6.45) is 0. The summed E-state index contributed by atoms with van der Waals surface area (Å²) in [6.45, 7) is 7.59. The van der Waals surface area contributed by atoms with Crippen molar-refractivity contribution in [1.29, 1.82) is 0 Å². The summed E-state index contributed by atoms with van der Waals surface area (Å²) < 4.78 is 31.8. The van der Waals surface area contributed by atoms with E-state index in [9.17, 15) is 18.5 Å². The molecule has 0 amide bonds. The van der Waals surface area contributed by atoms with Crippen LogP contribution in [0.1, 0.15) is 13.8 Å².